The second-order valence-corrected chi connectivity index (χ2v) is 9.55. The van der Waals surface area contributed by atoms with E-state index in [0.29, 0.717) is 32.1 Å². The monoisotopic (exact) mass is 481 g/mol. The normalized spacial score (nSPS) is 12.8. The van der Waals surface area contributed by atoms with Gasteiger partial charge < -0.3 is 19.3 Å². The van der Waals surface area contributed by atoms with Crippen LogP contribution in [-0.2, 0) is 22.4 Å². The minimum atomic E-state index is -0.626. The first-order chi connectivity index (χ1) is 16.8. The third-order valence-electron chi connectivity index (χ3n) is 5.48. The van der Waals surface area contributed by atoms with E-state index in [2.05, 4.69) is 11.8 Å². The fourth-order valence-electron chi connectivity index (χ4n) is 3.75. The number of aryl methyl sites for hydroxylation is 1. The zero-order valence-electron chi connectivity index (χ0n) is 21.6. The number of aliphatic hydroxyl groups excluding tert-OH is 1. The Kier molecular flexibility index (Phi) is 9.86. The van der Waals surface area contributed by atoms with Gasteiger partial charge >= 0.3 is 0 Å². The molecule has 7 heteroatoms. The number of rotatable bonds is 13. The molecule has 0 saturated heterocycles. The predicted molar refractivity (Wildman–Crippen MR) is 138 cm³/mol. The van der Waals surface area contributed by atoms with Crippen molar-refractivity contribution in [3.63, 3.8) is 0 Å². The highest BCUT2D eigenvalue weighted by Crippen LogP contribution is 2.32. The summed E-state index contributed by atoms with van der Waals surface area (Å²) in [6.45, 7) is 10.5. The van der Waals surface area contributed by atoms with Crippen LogP contribution in [0.15, 0.2) is 60.7 Å². The molecule has 3 aromatic rings. The summed E-state index contributed by atoms with van der Waals surface area (Å²) < 4.78 is 19.5. The number of nitrogens with zero attached hydrogens (tertiary/aromatic N) is 3. The lowest BCUT2D eigenvalue weighted by Crippen LogP contribution is -2.38. The third kappa shape index (κ3) is 8.18. The average molecular weight is 482 g/mol. The van der Waals surface area contributed by atoms with Gasteiger partial charge in [-0.3, -0.25) is 4.90 Å². The molecular weight excluding hydrogens is 442 g/mol. The zero-order chi connectivity index (χ0) is 25.3. The van der Waals surface area contributed by atoms with E-state index in [0.717, 1.165) is 29.1 Å². The Morgan fingerprint density at radius 2 is 1.69 bits per heavy atom. The highest BCUT2D eigenvalue weighted by molar-refractivity contribution is 5.43. The fraction of sp³-hybridized carbons (Fsp3) is 0.464. The zero-order valence-corrected chi connectivity index (χ0v) is 21.6. The Balaban J connectivity index is 1.94. The van der Waals surface area contributed by atoms with E-state index >= 15 is 0 Å². The second-order valence-electron chi connectivity index (χ2n) is 9.55. The van der Waals surface area contributed by atoms with Crippen molar-refractivity contribution in [2.24, 2.45) is 0 Å². The van der Waals surface area contributed by atoms with Gasteiger partial charge in [0.1, 0.15) is 5.75 Å². The maximum Gasteiger partial charge on any atom is 0.227 e. The van der Waals surface area contributed by atoms with Crippen LogP contribution in [0.3, 0.4) is 0 Å². The van der Waals surface area contributed by atoms with Crippen molar-refractivity contribution < 1.29 is 19.3 Å². The standard InChI is InChI=1S/C28H39N3O4/c1-6-26-25(20-30(17-18-33-5)19-23(32)21-34-28(2,3)4)27(35-24-15-11-8-12-16-24)31(29-26)22-13-9-7-10-14-22/h7-16,23,32H,6,17-21H2,1-5H3/t23-/m0/s1. The molecular formula is C28H39N3O4. The van der Waals surface area contributed by atoms with Gasteiger partial charge in [0.2, 0.25) is 5.88 Å². The summed E-state index contributed by atoms with van der Waals surface area (Å²) in [6.07, 6.45) is 0.132. The van der Waals surface area contributed by atoms with Gasteiger partial charge in [-0.1, -0.05) is 43.3 Å². The number of hydrogen-bond acceptors (Lipinski definition) is 6. The molecule has 190 valence electrons. The first-order valence-electron chi connectivity index (χ1n) is 12.2. The lowest BCUT2D eigenvalue weighted by molar-refractivity contribution is -0.0577. The molecule has 0 bridgehead atoms. The van der Waals surface area contributed by atoms with Crippen molar-refractivity contribution in [2.45, 2.75) is 52.4 Å². The number of ether oxygens (including phenoxy) is 3. The summed E-state index contributed by atoms with van der Waals surface area (Å²) in [6, 6.07) is 19.8. The van der Waals surface area contributed by atoms with E-state index in [1.54, 1.807) is 7.11 Å². The summed E-state index contributed by atoms with van der Waals surface area (Å²) in [5.74, 6) is 1.43. The Hall–Kier alpha value is -2.71. The van der Waals surface area contributed by atoms with Gasteiger partial charge in [-0.05, 0) is 51.5 Å². The number of hydrogen-bond donors (Lipinski definition) is 1. The summed E-state index contributed by atoms with van der Waals surface area (Å²) in [7, 11) is 1.69. The molecule has 0 unspecified atom stereocenters. The van der Waals surface area contributed by atoms with Crippen LogP contribution in [0.5, 0.6) is 11.6 Å². The molecule has 1 heterocycles. The molecule has 35 heavy (non-hydrogen) atoms. The molecule has 0 aliphatic carbocycles. The van der Waals surface area contributed by atoms with Crippen LogP contribution in [0.1, 0.15) is 39.0 Å². The first kappa shape index (κ1) is 26.9. The van der Waals surface area contributed by atoms with Crippen LogP contribution in [0.2, 0.25) is 0 Å². The minimum absolute atomic E-state index is 0.268. The van der Waals surface area contributed by atoms with E-state index in [1.165, 1.54) is 0 Å². The molecule has 3 rings (SSSR count). The van der Waals surface area contributed by atoms with Crippen molar-refractivity contribution >= 4 is 0 Å². The van der Waals surface area contributed by atoms with Gasteiger partial charge in [0.15, 0.2) is 0 Å². The molecule has 1 atom stereocenters. The molecule has 2 aromatic carbocycles. The molecule has 1 N–H and O–H groups in total. The van der Waals surface area contributed by atoms with Gasteiger partial charge in [-0.25, -0.2) is 4.68 Å². The van der Waals surface area contributed by atoms with Gasteiger partial charge in [-0.15, -0.1) is 0 Å². The van der Waals surface area contributed by atoms with Gasteiger partial charge in [0, 0.05) is 26.7 Å². The summed E-state index contributed by atoms with van der Waals surface area (Å²) >= 11 is 0. The Labute approximate surface area is 209 Å². The Morgan fingerprint density at radius 3 is 2.29 bits per heavy atom. The van der Waals surface area contributed by atoms with E-state index < -0.39 is 6.10 Å². The highest BCUT2D eigenvalue weighted by Gasteiger charge is 2.24. The Bertz CT molecular complexity index is 1020. The fourth-order valence-corrected chi connectivity index (χ4v) is 3.75. The molecule has 7 nitrogen and oxygen atoms in total. The van der Waals surface area contributed by atoms with E-state index in [4.69, 9.17) is 19.3 Å². The SMILES string of the molecule is CCc1nn(-c2ccccc2)c(Oc2ccccc2)c1CN(CCOC)C[C@H](O)COC(C)(C)C. The maximum atomic E-state index is 10.7. The highest BCUT2D eigenvalue weighted by atomic mass is 16.5. The molecule has 0 saturated carbocycles. The average Bonchev–Trinajstić information content (AvgIpc) is 3.18. The van der Waals surface area contributed by atoms with Crippen LogP contribution in [0.4, 0.5) is 0 Å². The minimum Gasteiger partial charge on any atom is -0.439 e. The lowest BCUT2D eigenvalue weighted by Gasteiger charge is -2.27. The number of aliphatic hydroxyl groups is 1. The van der Waals surface area contributed by atoms with Gasteiger partial charge in [-0.2, -0.15) is 5.10 Å². The Morgan fingerprint density at radius 1 is 1.03 bits per heavy atom. The van der Waals surface area contributed by atoms with Crippen molar-refractivity contribution in [1.82, 2.24) is 14.7 Å². The van der Waals surface area contributed by atoms with Crippen molar-refractivity contribution in [1.29, 1.82) is 0 Å². The summed E-state index contributed by atoms with van der Waals surface area (Å²) in [4.78, 5) is 2.17. The van der Waals surface area contributed by atoms with Crippen molar-refractivity contribution in [2.75, 3.05) is 33.4 Å². The molecule has 0 radical (unpaired) electrons. The number of methoxy groups -OCH3 is 1. The third-order valence-corrected chi connectivity index (χ3v) is 5.48. The molecule has 0 amide bonds. The largest absolute Gasteiger partial charge is 0.439 e. The second kappa shape index (κ2) is 12.8. The summed E-state index contributed by atoms with van der Waals surface area (Å²) in [5, 5.41) is 15.6. The first-order valence-corrected chi connectivity index (χ1v) is 12.2. The van der Waals surface area contributed by atoms with Crippen LogP contribution < -0.4 is 4.74 Å². The molecule has 0 spiro atoms. The van der Waals surface area contributed by atoms with Gasteiger partial charge in [0.25, 0.3) is 0 Å². The van der Waals surface area contributed by atoms with Crippen molar-refractivity contribution in [3.8, 4) is 17.3 Å². The number of para-hydroxylation sites is 2. The van der Waals surface area contributed by atoms with Crippen LogP contribution in [-0.4, -0.2) is 64.9 Å². The molecule has 0 aliphatic heterocycles. The van der Waals surface area contributed by atoms with Gasteiger partial charge in [0.05, 0.1) is 41.9 Å². The van der Waals surface area contributed by atoms with E-state index in [-0.39, 0.29) is 12.2 Å². The van der Waals surface area contributed by atoms with Crippen molar-refractivity contribution in [3.05, 3.63) is 71.9 Å². The topological polar surface area (TPSA) is 69.0 Å². The van der Waals surface area contributed by atoms with E-state index in [1.807, 2.05) is 86.1 Å². The molecule has 0 aliphatic rings. The van der Waals surface area contributed by atoms with Crippen LogP contribution >= 0.6 is 0 Å². The quantitative estimate of drug-likeness (QED) is 0.376. The van der Waals surface area contributed by atoms with Crippen LogP contribution in [0, 0.1) is 0 Å². The smallest absolute Gasteiger partial charge is 0.227 e. The predicted octanol–water partition coefficient (Wildman–Crippen LogP) is 4.85. The number of aromatic nitrogens is 2. The van der Waals surface area contributed by atoms with E-state index in [9.17, 15) is 5.11 Å². The molecule has 0 fully saturated rings. The lowest BCUT2D eigenvalue weighted by atomic mass is 10.1. The summed E-state index contributed by atoms with van der Waals surface area (Å²) in [5.41, 5.74) is 2.59. The number of benzene rings is 2. The molecule has 1 aromatic heterocycles. The van der Waals surface area contributed by atoms with Crippen LogP contribution in [0.25, 0.3) is 5.69 Å². The maximum absolute atomic E-state index is 10.7.